The lowest BCUT2D eigenvalue weighted by atomic mass is 9.63. The standard InChI is InChI=1S/C22H25I/c1-15(17-8-6-7-9-20(17)23)16-10-11-18-19(14-16)22(4,5)13-12-21(18,2)3/h6-11,14H,1,12-13H2,2-5H3. The average Bonchev–Trinajstić information content (AvgIpc) is 2.51. The Morgan fingerprint density at radius 3 is 2.17 bits per heavy atom. The van der Waals surface area contributed by atoms with Crippen molar-refractivity contribution in [3.8, 4) is 0 Å². The van der Waals surface area contributed by atoms with Crippen molar-refractivity contribution in [1.82, 2.24) is 0 Å². The van der Waals surface area contributed by atoms with E-state index < -0.39 is 0 Å². The number of hydrogen-bond acceptors (Lipinski definition) is 0. The molecule has 1 heteroatoms. The van der Waals surface area contributed by atoms with Gasteiger partial charge in [0.2, 0.25) is 0 Å². The summed E-state index contributed by atoms with van der Waals surface area (Å²) >= 11 is 2.40. The summed E-state index contributed by atoms with van der Waals surface area (Å²) in [5.41, 5.74) is 7.12. The SMILES string of the molecule is C=C(c1ccc2c(c1)C(C)(C)CCC2(C)C)c1ccccc1I. The van der Waals surface area contributed by atoms with Crippen LogP contribution in [-0.4, -0.2) is 0 Å². The van der Waals surface area contributed by atoms with Crippen LogP contribution in [0.3, 0.4) is 0 Å². The molecule has 0 heterocycles. The molecule has 0 saturated heterocycles. The fourth-order valence-corrected chi connectivity index (χ4v) is 4.35. The predicted octanol–water partition coefficient (Wildman–Crippen LogP) is 6.70. The number of hydrogen-bond donors (Lipinski definition) is 0. The Morgan fingerprint density at radius 1 is 0.913 bits per heavy atom. The highest BCUT2D eigenvalue weighted by Crippen LogP contribution is 2.46. The van der Waals surface area contributed by atoms with E-state index in [0.717, 1.165) is 5.57 Å². The number of halogens is 1. The molecule has 0 spiro atoms. The summed E-state index contributed by atoms with van der Waals surface area (Å²) in [6.07, 6.45) is 2.50. The lowest BCUT2D eigenvalue weighted by Crippen LogP contribution is -2.33. The van der Waals surface area contributed by atoms with E-state index in [-0.39, 0.29) is 10.8 Å². The predicted molar refractivity (Wildman–Crippen MR) is 109 cm³/mol. The van der Waals surface area contributed by atoms with Crippen LogP contribution in [0.1, 0.15) is 62.8 Å². The summed E-state index contributed by atoms with van der Waals surface area (Å²) in [7, 11) is 0. The van der Waals surface area contributed by atoms with Gasteiger partial charge in [-0.2, -0.15) is 0 Å². The second kappa shape index (κ2) is 5.77. The highest BCUT2D eigenvalue weighted by molar-refractivity contribution is 14.1. The summed E-state index contributed by atoms with van der Waals surface area (Å²) in [6.45, 7) is 13.9. The maximum absolute atomic E-state index is 4.38. The van der Waals surface area contributed by atoms with Crippen LogP contribution in [0.5, 0.6) is 0 Å². The molecule has 1 aliphatic rings. The Bertz CT molecular complexity index is 765. The molecule has 0 unspecified atom stereocenters. The molecule has 0 aromatic heterocycles. The molecule has 0 N–H and O–H groups in total. The van der Waals surface area contributed by atoms with Gasteiger partial charge >= 0.3 is 0 Å². The summed E-state index contributed by atoms with van der Waals surface area (Å²) in [5.74, 6) is 0. The largest absolute Gasteiger partial charge is 0.0905 e. The van der Waals surface area contributed by atoms with Crippen molar-refractivity contribution >= 4 is 28.2 Å². The normalized spacial score (nSPS) is 18.3. The van der Waals surface area contributed by atoms with Crippen molar-refractivity contribution in [3.63, 3.8) is 0 Å². The van der Waals surface area contributed by atoms with E-state index in [1.807, 2.05) is 0 Å². The maximum atomic E-state index is 4.38. The Balaban J connectivity index is 2.11. The monoisotopic (exact) mass is 416 g/mol. The van der Waals surface area contributed by atoms with Crippen LogP contribution in [0.15, 0.2) is 49.0 Å². The first-order valence-corrected chi connectivity index (χ1v) is 9.39. The van der Waals surface area contributed by atoms with Crippen LogP contribution in [0.4, 0.5) is 0 Å². The zero-order valence-corrected chi connectivity index (χ0v) is 16.7. The highest BCUT2D eigenvalue weighted by atomic mass is 127. The summed E-state index contributed by atoms with van der Waals surface area (Å²) in [4.78, 5) is 0. The molecular formula is C22H25I. The van der Waals surface area contributed by atoms with Gasteiger partial charge in [-0.05, 0) is 80.2 Å². The fraction of sp³-hybridized carbons (Fsp3) is 0.364. The zero-order valence-electron chi connectivity index (χ0n) is 14.5. The first-order chi connectivity index (χ1) is 10.7. The zero-order chi connectivity index (χ0) is 16.8. The molecule has 120 valence electrons. The first-order valence-electron chi connectivity index (χ1n) is 8.32. The molecular weight excluding hydrogens is 391 g/mol. The van der Waals surface area contributed by atoms with Crippen molar-refractivity contribution < 1.29 is 0 Å². The van der Waals surface area contributed by atoms with Gasteiger partial charge in [0.1, 0.15) is 0 Å². The molecule has 0 fully saturated rings. The average molecular weight is 416 g/mol. The molecule has 3 rings (SSSR count). The van der Waals surface area contributed by atoms with Crippen LogP contribution >= 0.6 is 22.6 Å². The van der Waals surface area contributed by atoms with Crippen LogP contribution in [0, 0.1) is 3.57 Å². The molecule has 0 amide bonds. The van der Waals surface area contributed by atoms with E-state index in [1.54, 1.807) is 0 Å². The fourth-order valence-electron chi connectivity index (χ4n) is 3.64. The van der Waals surface area contributed by atoms with Crippen molar-refractivity contribution in [2.45, 2.75) is 51.4 Å². The Kier molecular flexibility index (Phi) is 4.20. The molecule has 2 aromatic rings. The Hall–Kier alpha value is -1.09. The second-order valence-corrected chi connectivity index (χ2v) is 9.15. The first kappa shape index (κ1) is 16.8. The molecule has 0 nitrogen and oxygen atoms in total. The number of rotatable bonds is 2. The third kappa shape index (κ3) is 3.00. The second-order valence-electron chi connectivity index (χ2n) is 7.99. The molecule has 1 aliphatic carbocycles. The van der Waals surface area contributed by atoms with Crippen LogP contribution in [0.25, 0.3) is 5.57 Å². The van der Waals surface area contributed by atoms with Crippen molar-refractivity contribution in [2.75, 3.05) is 0 Å². The van der Waals surface area contributed by atoms with Gasteiger partial charge in [-0.3, -0.25) is 0 Å². The van der Waals surface area contributed by atoms with Gasteiger partial charge in [0, 0.05) is 3.57 Å². The lowest BCUT2D eigenvalue weighted by molar-refractivity contribution is 0.332. The lowest BCUT2D eigenvalue weighted by Gasteiger charge is -2.42. The van der Waals surface area contributed by atoms with E-state index in [2.05, 4.69) is 99.3 Å². The van der Waals surface area contributed by atoms with Crippen LogP contribution in [0.2, 0.25) is 0 Å². The number of fused-ring (bicyclic) bond motifs is 1. The van der Waals surface area contributed by atoms with E-state index in [9.17, 15) is 0 Å². The van der Waals surface area contributed by atoms with Crippen LogP contribution < -0.4 is 0 Å². The summed E-state index contributed by atoms with van der Waals surface area (Å²) in [6, 6.07) is 15.5. The Labute approximate surface area is 154 Å². The van der Waals surface area contributed by atoms with Gasteiger partial charge in [0.15, 0.2) is 0 Å². The molecule has 0 saturated carbocycles. The minimum Gasteiger partial charge on any atom is -0.0905 e. The summed E-state index contributed by atoms with van der Waals surface area (Å²) in [5, 5.41) is 0. The minimum absolute atomic E-state index is 0.241. The maximum Gasteiger partial charge on any atom is 0.0208 e. The van der Waals surface area contributed by atoms with Gasteiger partial charge in [-0.15, -0.1) is 0 Å². The van der Waals surface area contributed by atoms with Gasteiger partial charge < -0.3 is 0 Å². The third-order valence-electron chi connectivity index (χ3n) is 5.40. The van der Waals surface area contributed by atoms with E-state index in [1.165, 1.54) is 38.7 Å². The quantitative estimate of drug-likeness (QED) is 0.478. The topological polar surface area (TPSA) is 0 Å². The molecule has 0 aliphatic heterocycles. The highest BCUT2D eigenvalue weighted by Gasteiger charge is 2.37. The van der Waals surface area contributed by atoms with Gasteiger partial charge in [0.25, 0.3) is 0 Å². The minimum atomic E-state index is 0.241. The van der Waals surface area contributed by atoms with Crippen molar-refractivity contribution in [3.05, 3.63) is 74.9 Å². The van der Waals surface area contributed by atoms with Gasteiger partial charge in [-0.1, -0.05) is 70.7 Å². The molecule has 0 radical (unpaired) electrons. The molecule has 0 atom stereocenters. The van der Waals surface area contributed by atoms with Crippen molar-refractivity contribution in [2.24, 2.45) is 0 Å². The molecule has 23 heavy (non-hydrogen) atoms. The molecule has 2 aromatic carbocycles. The van der Waals surface area contributed by atoms with Gasteiger partial charge in [-0.25, -0.2) is 0 Å². The molecule has 0 bridgehead atoms. The number of benzene rings is 2. The van der Waals surface area contributed by atoms with E-state index in [4.69, 9.17) is 0 Å². The van der Waals surface area contributed by atoms with Gasteiger partial charge in [0.05, 0.1) is 0 Å². The third-order valence-corrected chi connectivity index (χ3v) is 6.34. The van der Waals surface area contributed by atoms with Crippen LogP contribution in [-0.2, 0) is 10.8 Å². The van der Waals surface area contributed by atoms with E-state index in [0.29, 0.717) is 0 Å². The van der Waals surface area contributed by atoms with Crippen molar-refractivity contribution in [1.29, 1.82) is 0 Å². The smallest absolute Gasteiger partial charge is 0.0208 e. The summed E-state index contributed by atoms with van der Waals surface area (Å²) < 4.78 is 1.26. The Morgan fingerprint density at radius 2 is 1.52 bits per heavy atom. The van der Waals surface area contributed by atoms with E-state index >= 15 is 0 Å².